The summed E-state index contributed by atoms with van der Waals surface area (Å²) in [7, 11) is 0. The van der Waals surface area contributed by atoms with Crippen LogP contribution < -0.4 is 10.6 Å². The maximum absolute atomic E-state index is 11.1. The minimum absolute atomic E-state index is 0.0412. The number of amides is 1. The molecule has 0 aliphatic carbocycles. The van der Waals surface area contributed by atoms with E-state index in [1.165, 1.54) is 32.1 Å². The Morgan fingerprint density at radius 2 is 2.22 bits per heavy atom. The second kappa shape index (κ2) is 5.45. The molecular formula is C13H23N3O2. The molecular weight excluding hydrogens is 230 g/mol. The Balaban J connectivity index is 1.58. The van der Waals surface area contributed by atoms with Crippen molar-refractivity contribution in [2.45, 2.75) is 50.3 Å². The van der Waals surface area contributed by atoms with Crippen LogP contribution in [0.3, 0.4) is 0 Å². The standard InChI is InChI=1S/C13H23N3O2/c17-13-15-8-10(18-13)9-16-7-2-1-5-12(16)11-4-3-6-14-11/h10-12,14H,1-9H2,(H,15,17). The number of piperidine rings is 1. The molecule has 0 radical (unpaired) electrons. The minimum Gasteiger partial charge on any atom is -0.443 e. The number of carbonyl (C=O) groups excluding carboxylic acids is 1. The first-order chi connectivity index (χ1) is 8.83. The fourth-order valence-electron chi connectivity index (χ4n) is 3.53. The van der Waals surface area contributed by atoms with Gasteiger partial charge in [-0.05, 0) is 38.8 Å². The van der Waals surface area contributed by atoms with Gasteiger partial charge in [0.15, 0.2) is 0 Å². The van der Waals surface area contributed by atoms with E-state index in [9.17, 15) is 4.79 Å². The van der Waals surface area contributed by atoms with E-state index in [1.807, 2.05) is 0 Å². The highest BCUT2D eigenvalue weighted by molar-refractivity contribution is 5.69. The molecule has 18 heavy (non-hydrogen) atoms. The number of alkyl carbamates (subject to hydrolysis) is 1. The number of cyclic esters (lactones) is 1. The maximum Gasteiger partial charge on any atom is 0.407 e. The summed E-state index contributed by atoms with van der Waals surface area (Å²) in [6, 6.07) is 1.29. The van der Waals surface area contributed by atoms with E-state index in [2.05, 4.69) is 15.5 Å². The fraction of sp³-hybridized carbons (Fsp3) is 0.923. The van der Waals surface area contributed by atoms with Crippen molar-refractivity contribution in [2.24, 2.45) is 0 Å². The van der Waals surface area contributed by atoms with Crippen molar-refractivity contribution in [3.63, 3.8) is 0 Å². The van der Waals surface area contributed by atoms with E-state index in [4.69, 9.17) is 4.74 Å². The van der Waals surface area contributed by atoms with Gasteiger partial charge in [-0.1, -0.05) is 6.42 Å². The van der Waals surface area contributed by atoms with Gasteiger partial charge in [-0.3, -0.25) is 4.90 Å². The topological polar surface area (TPSA) is 53.6 Å². The summed E-state index contributed by atoms with van der Waals surface area (Å²) < 4.78 is 5.26. The Morgan fingerprint density at radius 3 is 2.94 bits per heavy atom. The van der Waals surface area contributed by atoms with Gasteiger partial charge in [0, 0.05) is 18.6 Å². The number of rotatable bonds is 3. The van der Waals surface area contributed by atoms with Crippen LogP contribution >= 0.6 is 0 Å². The van der Waals surface area contributed by atoms with Gasteiger partial charge in [-0.2, -0.15) is 0 Å². The van der Waals surface area contributed by atoms with Gasteiger partial charge in [0.05, 0.1) is 6.54 Å². The number of carbonyl (C=O) groups is 1. The van der Waals surface area contributed by atoms with E-state index in [0.717, 1.165) is 19.6 Å². The molecule has 3 aliphatic heterocycles. The predicted molar refractivity (Wildman–Crippen MR) is 68.5 cm³/mol. The van der Waals surface area contributed by atoms with E-state index >= 15 is 0 Å². The molecule has 1 amide bonds. The lowest BCUT2D eigenvalue weighted by atomic mass is 9.94. The average Bonchev–Trinajstić information content (AvgIpc) is 3.02. The summed E-state index contributed by atoms with van der Waals surface area (Å²) in [5.41, 5.74) is 0. The van der Waals surface area contributed by atoms with Crippen LogP contribution in [0, 0.1) is 0 Å². The molecule has 5 nitrogen and oxygen atoms in total. The van der Waals surface area contributed by atoms with Crippen LogP contribution in [0.25, 0.3) is 0 Å². The minimum atomic E-state index is -0.257. The third-order valence-corrected chi connectivity index (χ3v) is 4.41. The molecule has 0 aromatic heterocycles. The van der Waals surface area contributed by atoms with Crippen LogP contribution in [0.2, 0.25) is 0 Å². The van der Waals surface area contributed by atoms with Crippen LogP contribution in [0.5, 0.6) is 0 Å². The van der Waals surface area contributed by atoms with Crippen molar-refractivity contribution in [2.75, 3.05) is 26.2 Å². The Bertz CT molecular complexity index is 305. The first kappa shape index (κ1) is 12.2. The van der Waals surface area contributed by atoms with Crippen LogP contribution in [0.4, 0.5) is 4.79 Å². The molecule has 0 spiro atoms. The molecule has 3 rings (SSSR count). The van der Waals surface area contributed by atoms with Gasteiger partial charge in [-0.15, -0.1) is 0 Å². The van der Waals surface area contributed by atoms with Gasteiger partial charge in [-0.25, -0.2) is 4.79 Å². The largest absolute Gasteiger partial charge is 0.443 e. The quantitative estimate of drug-likeness (QED) is 0.777. The van der Waals surface area contributed by atoms with Crippen molar-refractivity contribution in [3.8, 4) is 0 Å². The number of nitrogens with zero attached hydrogens (tertiary/aromatic N) is 1. The number of hydrogen-bond acceptors (Lipinski definition) is 4. The smallest absolute Gasteiger partial charge is 0.407 e. The molecule has 2 N–H and O–H groups in total. The highest BCUT2D eigenvalue weighted by Crippen LogP contribution is 2.24. The zero-order valence-electron chi connectivity index (χ0n) is 10.9. The van der Waals surface area contributed by atoms with Gasteiger partial charge in [0.25, 0.3) is 0 Å². The van der Waals surface area contributed by atoms with Gasteiger partial charge in [0.2, 0.25) is 0 Å². The molecule has 3 heterocycles. The summed E-state index contributed by atoms with van der Waals surface area (Å²) in [6.45, 7) is 3.87. The van der Waals surface area contributed by atoms with E-state index in [0.29, 0.717) is 18.6 Å². The van der Waals surface area contributed by atoms with Crippen molar-refractivity contribution in [1.29, 1.82) is 0 Å². The van der Waals surface area contributed by atoms with Crippen molar-refractivity contribution in [1.82, 2.24) is 15.5 Å². The summed E-state index contributed by atoms with van der Waals surface area (Å²) in [6.07, 6.45) is 6.27. The van der Waals surface area contributed by atoms with Gasteiger partial charge >= 0.3 is 6.09 Å². The Hall–Kier alpha value is -0.810. The normalized spacial score (nSPS) is 37.6. The zero-order chi connectivity index (χ0) is 12.4. The van der Waals surface area contributed by atoms with Crippen LogP contribution in [-0.4, -0.2) is 55.4 Å². The Kier molecular flexibility index (Phi) is 3.70. The Labute approximate surface area is 108 Å². The summed E-state index contributed by atoms with van der Waals surface area (Å²) in [5, 5.41) is 6.37. The molecule has 3 saturated heterocycles. The Morgan fingerprint density at radius 1 is 1.28 bits per heavy atom. The predicted octanol–water partition coefficient (Wildman–Crippen LogP) is 0.701. The van der Waals surface area contributed by atoms with Crippen molar-refractivity contribution < 1.29 is 9.53 Å². The number of hydrogen-bond donors (Lipinski definition) is 2. The van der Waals surface area contributed by atoms with E-state index in [-0.39, 0.29) is 12.2 Å². The molecule has 5 heteroatoms. The summed E-state index contributed by atoms with van der Waals surface area (Å²) >= 11 is 0. The summed E-state index contributed by atoms with van der Waals surface area (Å²) in [5.74, 6) is 0. The number of ether oxygens (including phenoxy) is 1. The lowest BCUT2D eigenvalue weighted by Gasteiger charge is -2.40. The molecule has 3 aliphatic rings. The third-order valence-electron chi connectivity index (χ3n) is 4.41. The van der Waals surface area contributed by atoms with Crippen LogP contribution in [0.1, 0.15) is 32.1 Å². The zero-order valence-corrected chi connectivity index (χ0v) is 10.9. The molecule has 0 aromatic carbocycles. The number of likely N-dealkylation sites (tertiary alicyclic amines) is 1. The highest BCUT2D eigenvalue weighted by atomic mass is 16.6. The first-order valence-corrected chi connectivity index (χ1v) is 7.25. The van der Waals surface area contributed by atoms with Crippen molar-refractivity contribution in [3.05, 3.63) is 0 Å². The van der Waals surface area contributed by atoms with Crippen molar-refractivity contribution >= 4 is 6.09 Å². The summed E-state index contributed by atoms with van der Waals surface area (Å²) in [4.78, 5) is 13.6. The lowest BCUT2D eigenvalue weighted by molar-refractivity contribution is 0.0608. The average molecular weight is 253 g/mol. The molecule has 0 bridgehead atoms. The van der Waals surface area contributed by atoms with Gasteiger partial charge < -0.3 is 15.4 Å². The molecule has 3 unspecified atom stereocenters. The fourth-order valence-corrected chi connectivity index (χ4v) is 3.53. The van der Waals surface area contributed by atoms with Crippen LogP contribution in [0.15, 0.2) is 0 Å². The lowest BCUT2D eigenvalue weighted by Crippen LogP contribution is -2.52. The maximum atomic E-state index is 11.1. The molecule has 3 atom stereocenters. The highest BCUT2D eigenvalue weighted by Gasteiger charge is 2.34. The molecule has 3 fully saturated rings. The molecule has 102 valence electrons. The second-order valence-corrected chi connectivity index (χ2v) is 5.67. The second-order valence-electron chi connectivity index (χ2n) is 5.67. The van der Waals surface area contributed by atoms with Gasteiger partial charge in [0.1, 0.15) is 6.10 Å². The van der Waals surface area contributed by atoms with E-state index < -0.39 is 0 Å². The SMILES string of the molecule is O=C1NCC(CN2CCCCC2C2CCCN2)O1. The van der Waals surface area contributed by atoms with E-state index in [1.54, 1.807) is 0 Å². The molecule has 0 aromatic rings. The first-order valence-electron chi connectivity index (χ1n) is 7.25. The molecule has 0 saturated carbocycles. The van der Waals surface area contributed by atoms with Crippen LogP contribution in [-0.2, 0) is 4.74 Å². The third kappa shape index (κ3) is 2.62. The number of nitrogens with one attached hydrogen (secondary N) is 2. The monoisotopic (exact) mass is 253 g/mol.